The van der Waals surface area contributed by atoms with Crippen LogP contribution in [0.25, 0.3) is 0 Å². The molecule has 3 heteroatoms. The van der Waals surface area contributed by atoms with Gasteiger partial charge in [0.1, 0.15) is 0 Å². The summed E-state index contributed by atoms with van der Waals surface area (Å²) in [5.41, 5.74) is 6.98. The van der Waals surface area contributed by atoms with Gasteiger partial charge in [-0.1, -0.05) is 37.3 Å². The molecular weight excluding hydrogens is 188 g/mol. The Kier molecular flexibility index (Phi) is 4.84. The van der Waals surface area contributed by atoms with Gasteiger partial charge in [-0.3, -0.25) is 4.79 Å². The fraction of sp³-hybridized carbons (Fsp3) is 0.417. The number of nitrogens with two attached hydrogens (primary N) is 1. The van der Waals surface area contributed by atoms with Crippen molar-refractivity contribution in [2.45, 2.75) is 25.8 Å². The molecule has 0 fully saturated rings. The second-order valence-electron chi connectivity index (χ2n) is 3.57. The molecule has 1 amide bonds. The van der Waals surface area contributed by atoms with Crippen molar-refractivity contribution < 1.29 is 4.79 Å². The first kappa shape index (κ1) is 11.7. The molecule has 3 nitrogen and oxygen atoms in total. The van der Waals surface area contributed by atoms with Gasteiger partial charge in [0.15, 0.2) is 0 Å². The van der Waals surface area contributed by atoms with E-state index in [1.165, 1.54) is 0 Å². The molecular formula is C12H18N2O. The molecule has 0 aliphatic rings. The Balaban J connectivity index is 2.37. The van der Waals surface area contributed by atoms with Crippen molar-refractivity contribution in [3.05, 3.63) is 35.9 Å². The molecule has 1 unspecified atom stereocenters. The molecule has 0 aliphatic carbocycles. The number of nitrogens with one attached hydrogen (secondary N) is 1. The van der Waals surface area contributed by atoms with Gasteiger partial charge in [0.2, 0.25) is 5.91 Å². The van der Waals surface area contributed by atoms with Gasteiger partial charge in [0, 0.05) is 19.0 Å². The van der Waals surface area contributed by atoms with E-state index in [2.05, 4.69) is 5.32 Å². The van der Waals surface area contributed by atoms with Crippen LogP contribution in [0.1, 0.15) is 31.4 Å². The van der Waals surface area contributed by atoms with Crippen LogP contribution in [-0.4, -0.2) is 12.5 Å². The second-order valence-corrected chi connectivity index (χ2v) is 3.57. The third-order valence-corrected chi connectivity index (χ3v) is 2.22. The lowest BCUT2D eigenvalue weighted by Crippen LogP contribution is -2.31. The fourth-order valence-corrected chi connectivity index (χ4v) is 1.36. The lowest BCUT2D eigenvalue weighted by Gasteiger charge is -2.12. The molecule has 1 aromatic rings. The van der Waals surface area contributed by atoms with Crippen molar-refractivity contribution in [1.82, 2.24) is 5.32 Å². The van der Waals surface area contributed by atoms with Crippen LogP contribution in [0.5, 0.6) is 0 Å². The molecule has 0 spiro atoms. The SMILES string of the molecule is CCCC(=O)NCC(N)c1ccccc1. The summed E-state index contributed by atoms with van der Waals surface area (Å²) < 4.78 is 0. The molecule has 82 valence electrons. The van der Waals surface area contributed by atoms with Crippen LogP contribution < -0.4 is 11.1 Å². The van der Waals surface area contributed by atoms with E-state index in [1.54, 1.807) is 0 Å². The van der Waals surface area contributed by atoms with Crippen molar-refractivity contribution >= 4 is 5.91 Å². The van der Waals surface area contributed by atoms with E-state index >= 15 is 0 Å². The van der Waals surface area contributed by atoms with E-state index in [-0.39, 0.29) is 11.9 Å². The van der Waals surface area contributed by atoms with E-state index < -0.39 is 0 Å². The van der Waals surface area contributed by atoms with Crippen molar-refractivity contribution in [3.8, 4) is 0 Å². The van der Waals surface area contributed by atoms with Crippen LogP contribution >= 0.6 is 0 Å². The van der Waals surface area contributed by atoms with Crippen molar-refractivity contribution in [2.24, 2.45) is 5.73 Å². The highest BCUT2D eigenvalue weighted by molar-refractivity contribution is 5.75. The molecule has 0 saturated heterocycles. The zero-order chi connectivity index (χ0) is 11.1. The molecule has 3 N–H and O–H groups in total. The number of carbonyl (C=O) groups excluding carboxylic acids is 1. The Hall–Kier alpha value is -1.35. The van der Waals surface area contributed by atoms with E-state index in [1.807, 2.05) is 37.3 Å². The van der Waals surface area contributed by atoms with Gasteiger partial charge in [-0.25, -0.2) is 0 Å². The minimum atomic E-state index is -0.119. The molecule has 0 bridgehead atoms. The summed E-state index contributed by atoms with van der Waals surface area (Å²) in [5.74, 6) is 0.0730. The van der Waals surface area contributed by atoms with E-state index in [0.29, 0.717) is 13.0 Å². The number of rotatable bonds is 5. The van der Waals surface area contributed by atoms with E-state index in [4.69, 9.17) is 5.73 Å². The van der Waals surface area contributed by atoms with Crippen LogP contribution in [0, 0.1) is 0 Å². The zero-order valence-corrected chi connectivity index (χ0v) is 9.07. The second kappa shape index (κ2) is 6.19. The maximum Gasteiger partial charge on any atom is 0.220 e. The van der Waals surface area contributed by atoms with Crippen LogP contribution in [0.15, 0.2) is 30.3 Å². The predicted molar refractivity (Wildman–Crippen MR) is 61.3 cm³/mol. The molecule has 15 heavy (non-hydrogen) atoms. The maximum atomic E-state index is 11.2. The molecule has 0 heterocycles. The summed E-state index contributed by atoms with van der Waals surface area (Å²) in [6.45, 7) is 2.49. The summed E-state index contributed by atoms with van der Waals surface area (Å²) in [6.07, 6.45) is 1.44. The summed E-state index contributed by atoms with van der Waals surface area (Å²) >= 11 is 0. The average Bonchev–Trinajstić information content (AvgIpc) is 2.27. The number of benzene rings is 1. The average molecular weight is 206 g/mol. The summed E-state index contributed by atoms with van der Waals surface area (Å²) in [6, 6.07) is 9.66. The molecule has 1 rings (SSSR count). The third kappa shape index (κ3) is 4.13. The fourth-order valence-electron chi connectivity index (χ4n) is 1.36. The summed E-state index contributed by atoms with van der Waals surface area (Å²) in [4.78, 5) is 11.2. The third-order valence-electron chi connectivity index (χ3n) is 2.22. The molecule has 1 aromatic carbocycles. The Bertz CT molecular complexity index is 298. The largest absolute Gasteiger partial charge is 0.354 e. The van der Waals surface area contributed by atoms with Crippen LogP contribution in [-0.2, 0) is 4.79 Å². The number of amides is 1. The lowest BCUT2D eigenvalue weighted by molar-refractivity contribution is -0.121. The number of hydrogen-bond donors (Lipinski definition) is 2. The van der Waals surface area contributed by atoms with Crippen LogP contribution in [0.2, 0.25) is 0 Å². The monoisotopic (exact) mass is 206 g/mol. The molecule has 0 radical (unpaired) electrons. The highest BCUT2D eigenvalue weighted by Gasteiger charge is 2.06. The Labute approximate surface area is 90.7 Å². The van der Waals surface area contributed by atoms with Gasteiger partial charge in [0.25, 0.3) is 0 Å². The van der Waals surface area contributed by atoms with Gasteiger partial charge in [-0.2, -0.15) is 0 Å². The minimum absolute atomic E-state index is 0.0730. The molecule has 0 aromatic heterocycles. The first-order chi connectivity index (χ1) is 7.24. The molecule has 0 aliphatic heterocycles. The Morgan fingerprint density at radius 2 is 2.07 bits per heavy atom. The smallest absolute Gasteiger partial charge is 0.220 e. The Morgan fingerprint density at radius 1 is 1.40 bits per heavy atom. The summed E-state index contributed by atoms with van der Waals surface area (Å²) in [7, 11) is 0. The normalized spacial score (nSPS) is 12.1. The standard InChI is InChI=1S/C12H18N2O/c1-2-6-12(15)14-9-11(13)10-7-4-3-5-8-10/h3-5,7-8,11H,2,6,9,13H2,1H3,(H,14,15). The number of hydrogen-bond acceptors (Lipinski definition) is 2. The van der Waals surface area contributed by atoms with E-state index in [0.717, 1.165) is 12.0 Å². The van der Waals surface area contributed by atoms with Gasteiger partial charge in [-0.05, 0) is 12.0 Å². The maximum absolute atomic E-state index is 11.2. The van der Waals surface area contributed by atoms with Gasteiger partial charge in [0.05, 0.1) is 0 Å². The van der Waals surface area contributed by atoms with Crippen LogP contribution in [0.4, 0.5) is 0 Å². The van der Waals surface area contributed by atoms with Crippen molar-refractivity contribution in [2.75, 3.05) is 6.54 Å². The Morgan fingerprint density at radius 3 is 2.67 bits per heavy atom. The molecule has 1 atom stereocenters. The van der Waals surface area contributed by atoms with Crippen LogP contribution in [0.3, 0.4) is 0 Å². The zero-order valence-electron chi connectivity index (χ0n) is 9.07. The lowest BCUT2D eigenvalue weighted by atomic mass is 10.1. The predicted octanol–water partition coefficient (Wildman–Crippen LogP) is 1.60. The topological polar surface area (TPSA) is 55.1 Å². The van der Waals surface area contributed by atoms with E-state index in [9.17, 15) is 4.79 Å². The highest BCUT2D eigenvalue weighted by Crippen LogP contribution is 2.07. The van der Waals surface area contributed by atoms with Gasteiger partial charge >= 0.3 is 0 Å². The first-order valence-electron chi connectivity index (χ1n) is 5.31. The summed E-state index contributed by atoms with van der Waals surface area (Å²) in [5, 5.41) is 2.82. The highest BCUT2D eigenvalue weighted by atomic mass is 16.1. The first-order valence-corrected chi connectivity index (χ1v) is 5.31. The number of carbonyl (C=O) groups is 1. The van der Waals surface area contributed by atoms with Crippen molar-refractivity contribution in [3.63, 3.8) is 0 Å². The minimum Gasteiger partial charge on any atom is -0.354 e. The van der Waals surface area contributed by atoms with Crippen molar-refractivity contribution in [1.29, 1.82) is 0 Å². The van der Waals surface area contributed by atoms with Gasteiger partial charge in [-0.15, -0.1) is 0 Å². The molecule has 0 saturated carbocycles. The van der Waals surface area contributed by atoms with Gasteiger partial charge < -0.3 is 11.1 Å². The quantitative estimate of drug-likeness (QED) is 0.769.